The topological polar surface area (TPSA) is 87.7 Å². The Bertz CT molecular complexity index is 952. The van der Waals surface area contributed by atoms with Gasteiger partial charge < -0.3 is 20.3 Å². The molecule has 7 heteroatoms. The van der Waals surface area contributed by atoms with Gasteiger partial charge in [-0.3, -0.25) is 9.59 Å². The van der Waals surface area contributed by atoms with Gasteiger partial charge in [0.25, 0.3) is 0 Å². The predicted molar refractivity (Wildman–Crippen MR) is 149 cm³/mol. The number of nitrogens with one attached hydrogen (secondary N) is 2. The van der Waals surface area contributed by atoms with Crippen molar-refractivity contribution in [3.05, 3.63) is 42.0 Å². The number of carbonyl (C=O) groups excluding carboxylic acids is 3. The number of amides is 3. The van der Waals surface area contributed by atoms with Crippen molar-refractivity contribution >= 4 is 24.0 Å². The van der Waals surface area contributed by atoms with Gasteiger partial charge in [0.2, 0.25) is 11.8 Å². The summed E-state index contributed by atoms with van der Waals surface area (Å²) in [5, 5.41) is 6.01. The SMILES string of the molecule is C=Cc1cccc(C(C(=O)NC2CCCCC2)N(C(=O)C(NC(=O)OC(C)(C)C)C(C)C)C(C)(C)C)c1. The van der Waals surface area contributed by atoms with Crippen LogP contribution in [0.5, 0.6) is 0 Å². The van der Waals surface area contributed by atoms with Gasteiger partial charge in [0.15, 0.2) is 0 Å². The molecule has 1 aromatic carbocycles. The molecule has 1 fully saturated rings. The number of rotatable bonds is 8. The van der Waals surface area contributed by atoms with Gasteiger partial charge in [-0.1, -0.05) is 64.0 Å². The smallest absolute Gasteiger partial charge is 0.408 e. The molecule has 1 saturated carbocycles. The van der Waals surface area contributed by atoms with Crippen LogP contribution in [0.3, 0.4) is 0 Å². The molecule has 0 radical (unpaired) electrons. The molecule has 2 atom stereocenters. The summed E-state index contributed by atoms with van der Waals surface area (Å²) in [5.74, 6) is -0.774. The van der Waals surface area contributed by atoms with E-state index in [1.54, 1.807) is 31.7 Å². The zero-order chi connectivity index (χ0) is 28.0. The summed E-state index contributed by atoms with van der Waals surface area (Å²) < 4.78 is 5.45. The Morgan fingerprint density at radius 1 is 1.05 bits per heavy atom. The van der Waals surface area contributed by atoms with E-state index in [2.05, 4.69) is 17.2 Å². The van der Waals surface area contributed by atoms with Crippen molar-refractivity contribution in [1.29, 1.82) is 0 Å². The van der Waals surface area contributed by atoms with Crippen LogP contribution in [0.25, 0.3) is 6.08 Å². The first-order valence-corrected chi connectivity index (χ1v) is 13.5. The molecule has 37 heavy (non-hydrogen) atoms. The minimum absolute atomic E-state index is 0.0871. The number of hydrogen-bond donors (Lipinski definition) is 2. The van der Waals surface area contributed by atoms with E-state index in [9.17, 15) is 14.4 Å². The summed E-state index contributed by atoms with van der Waals surface area (Å²) in [7, 11) is 0. The lowest BCUT2D eigenvalue weighted by Crippen LogP contribution is -2.60. The molecule has 0 heterocycles. The maximum absolute atomic E-state index is 14.3. The van der Waals surface area contributed by atoms with Gasteiger partial charge in [-0.2, -0.15) is 0 Å². The lowest BCUT2D eigenvalue weighted by molar-refractivity contribution is -0.149. The zero-order valence-electron chi connectivity index (χ0n) is 24.0. The molecule has 2 rings (SSSR count). The minimum atomic E-state index is -0.879. The van der Waals surface area contributed by atoms with Crippen LogP contribution in [-0.4, -0.2) is 46.0 Å². The largest absolute Gasteiger partial charge is 0.444 e. The van der Waals surface area contributed by atoms with Crippen LogP contribution in [0.2, 0.25) is 0 Å². The van der Waals surface area contributed by atoms with E-state index < -0.39 is 29.3 Å². The first-order valence-electron chi connectivity index (χ1n) is 13.5. The Hall–Kier alpha value is -2.83. The Labute approximate surface area is 223 Å². The van der Waals surface area contributed by atoms with Crippen LogP contribution in [0.1, 0.15) is 105 Å². The Kier molecular flexibility index (Phi) is 10.4. The Morgan fingerprint density at radius 3 is 2.19 bits per heavy atom. The molecule has 1 aliphatic rings. The Morgan fingerprint density at radius 2 is 1.68 bits per heavy atom. The average Bonchev–Trinajstić information content (AvgIpc) is 2.79. The van der Waals surface area contributed by atoms with Crippen molar-refractivity contribution in [3.63, 3.8) is 0 Å². The molecule has 0 aromatic heterocycles. The molecule has 0 saturated heterocycles. The van der Waals surface area contributed by atoms with Crippen LogP contribution in [0.4, 0.5) is 4.79 Å². The Balaban J connectivity index is 2.53. The number of alkyl carbamates (subject to hydrolysis) is 1. The molecular formula is C30H47N3O4. The summed E-state index contributed by atoms with van der Waals surface area (Å²) >= 11 is 0. The van der Waals surface area contributed by atoms with Gasteiger partial charge in [-0.15, -0.1) is 0 Å². The lowest BCUT2D eigenvalue weighted by atomic mass is 9.91. The second kappa shape index (κ2) is 12.6. The number of hydrogen-bond acceptors (Lipinski definition) is 4. The van der Waals surface area contributed by atoms with Gasteiger partial charge in [-0.05, 0) is 77.5 Å². The van der Waals surface area contributed by atoms with Crippen LogP contribution in [0, 0.1) is 5.92 Å². The molecule has 7 nitrogen and oxygen atoms in total. The fourth-order valence-electron chi connectivity index (χ4n) is 4.74. The van der Waals surface area contributed by atoms with Crippen molar-refractivity contribution in [2.75, 3.05) is 0 Å². The summed E-state index contributed by atoms with van der Waals surface area (Å²) in [6, 6.07) is 5.89. The molecular weight excluding hydrogens is 466 g/mol. The quantitative estimate of drug-likeness (QED) is 0.447. The maximum Gasteiger partial charge on any atom is 0.408 e. The molecule has 2 N–H and O–H groups in total. The van der Waals surface area contributed by atoms with E-state index in [1.807, 2.05) is 58.9 Å². The van der Waals surface area contributed by atoms with Crippen LogP contribution in [-0.2, 0) is 14.3 Å². The molecule has 0 spiro atoms. The molecule has 0 bridgehead atoms. The van der Waals surface area contributed by atoms with Crippen molar-refractivity contribution in [3.8, 4) is 0 Å². The first kappa shape index (κ1) is 30.4. The highest BCUT2D eigenvalue weighted by Crippen LogP contribution is 2.32. The standard InChI is InChI=1S/C30H47N3O4/c1-10-21-15-14-16-22(19-21)25(26(34)31-23-17-12-11-13-18-23)33(29(4,5)6)27(35)24(20(2)3)32-28(36)37-30(7,8)9/h10,14-16,19-20,23-25H,1,11-13,17-18H2,2-9H3,(H,31,34)(H,32,36). The van der Waals surface area contributed by atoms with Gasteiger partial charge >= 0.3 is 6.09 Å². The highest BCUT2D eigenvalue weighted by Gasteiger charge is 2.43. The van der Waals surface area contributed by atoms with Crippen LogP contribution < -0.4 is 10.6 Å². The fraction of sp³-hybridized carbons (Fsp3) is 0.633. The van der Waals surface area contributed by atoms with Crippen LogP contribution in [0.15, 0.2) is 30.8 Å². The molecule has 3 amide bonds. The molecule has 1 aliphatic carbocycles. The maximum atomic E-state index is 14.3. The van der Waals surface area contributed by atoms with Gasteiger partial charge in [0, 0.05) is 11.6 Å². The van der Waals surface area contributed by atoms with Gasteiger partial charge in [0.05, 0.1) is 0 Å². The lowest BCUT2D eigenvalue weighted by Gasteiger charge is -2.44. The van der Waals surface area contributed by atoms with Crippen molar-refractivity contribution in [2.45, 2.75) is 117 Å². The van der Waals surface area contributed by atoms with Gasteiger partial charge in [0.1, 0.15) is 17.7 Å². The van der Waals surface area contributed by atoms with Gasteiger partial charge in [-0.25, -0.2) is 4.79 Å². The number of ether oxygens (including phenoxy) is 1. The third-order valence-electron chi connectivity index (χ3n) is 6.49. The third-order valence-corrected chi connectivity index (χ3v) is 6.49. The van der Waals surface area contributed by atoms with E-state index >= 15 is 0 Å². The highest BCUT2D eigenvalue weighted by molar-refractivity contribution is 5.93. The van der Waals surface area contributed by atoms with E-state index in [4.69, 9.17) is 4.74 Å². The van der Waals surface area contributed by atoms with Crippen molar-refractivity contribution in [1.82, 2.24) is 15.5 Å². The molecule has 2 unspecified atom stereocenters. The summed E-state index contributed by atoms with van der Waals surface area (Å²) in [4.78, 5) is 42.5. The van der Waals surface area contributed by atoms with E-state index in [0.29, 0.717) is 5.56 Å². The summed E-state index contributed by atoms with van der Waals surface area (Å²) in [5.41, 5.74) is 0.139. The van der Waals surface area contributed by atoms with Crippen LogP contribution >= 0.6 is 0 Å². The summed E-state index contributed by atoms with van der Waals surface area (Å²) in [6.45, 7) is 18.7. The number of carbonyl (C=O) groups is 3. The number of nitrogens with zero attached hydrogens (tertiary/aromatic N) is 1. The van der Waals surface area contributed by atoms with E-state index in [0.717, 1.165) is 31.2 Å². The average molecular weight is 514 g/mol. The normalized spacial score (nSPS) is 16.5. The first-order chi connectivity index (χ1) is 17.1. The minimum Gasteiger partial charge on any atom is -0.444 e. The molecule has 0 aliphatic heterocycles. The predicted octanol–water partition coefficient (Wildman–Crippen LogP) is 6.00. The molecule has 1 aromatic rings. The third kappa shape index (κ3) is 8.90. The molecule has 206 valence electrons. The second-order valence-electron chi connectivity index (χ2n) is 12.4. The summed E-state index contributed by atoms with van der Waals surface area (Å²) in [6.07, 6.45) is 6.27. The fourth-order valence-corrected chi connectivity index (χ4v) is 4.74. The monoisotopic (exact) mass is 513 g/mol. The van der Waals surface area contributed by atoms with E-state index in [-0.39, 0.29) is 23.8 Å². The van der Waals surface area contributed by atoms with Crippen molar-refractivity contribution < 1.29 is 19.1 Å². The number of benzene rings is 1. The van der Waals surface area contributed by atoms with E-state index in [1.165, 1.54) is 6.42 Å². The second-order valence-corrected chi connectivity index (χ2v) is 12.4. The van der Waals surface area contributed by atoms with Crippen molar-refractivity contribution in [2.24, 2.45) is 5.92 Å². The zero-order valence-corrected chi connectivity index (χ0v) is 24.0. The highest BCUT2D eigenvalue weighted by atomic mass is 16.6.